The number of ether oxygens (including phenoxy) is 1. The molecule has 0 saturated carbocycles. The van der Waals surface area contributed by atoms with E-state index in [0.717, 1.165) is 42.8 Å². The van der Waals surface area contributed by atoms with E-state index in [9.17, 15) is 14.4 Å². The predicted octanol–water partition coefficient (Wildman–Crippen LogP) is 1.16. The lowest BCUT2D eigenvalue weighted by Crippen LogP contribution is -3.17. The van der Waals surface area contributed by atoms with Gasteiger partial charge in [-0.15, -0.1) is 11.3 Å². The smallest absolute Gasteiger partial charge is 0.341 e. The third kappa shape index (κ3) is 4.80. The Kier molecular flexibility index (Phi) is 6.95. The van der Waals surface area contributed by atoms with Crippen LogP contribution in [-0.4, -0.2) is 43.5 Å². The Morgan fingerprint density at radius 1 is 1.28 bits per heavy atom. The summed E-state index contributed by atoms with van der Waals surface area (Å²) in [6.07, 6.45) is 4.24. The fourth-order valence-corrected chi connectivity index (χ4v) is 5.77. The number of quaternary nitrogens is 1. The van der Waals surface area contributed by atoms with Gasteiger partial charge in [-0.1, -0.05) is 6.92 Å². The molecule has 2 atom stereocenters. The summed E-state index contributed by atoms with van der Waals surface area (Å²) >= 11 is 1.51. The molecule has 1 saturated heterocycles. The number of hydrogen-bond donors (Lipinski definition) is 3. The van der Waals surface area contributed by atoms with Gasteiger partial charge < -0.3 is 20.7 Å². The highest BCUT2D eigenvalue weighted by Crippen LogP contribution is 2.40. The normalized spacial score (nSPS) is 25.0. The minimum Gasteiger partial charge on any atom is -0.462 e. The standard InChI is InChI=1S/C21H31N3O4S/c1-4-28-21(27)17-15-6-5-12(2)11-16(15)29-20(17)23-19(26)13(3)24-9-7-14(8-10-24)18(22)25/h12-14H,4-11H2,1-3H3,(H2,22,25)(H,23,26)/p+1/t12-,13+/m0/s1. The van der Waals surface area contributed by atoms with Gasteiger partial charge in [-0.3, -0.25) is 9.59 Å². The van der Waals surface area contributed by atoms with Gasteiger partial charge in [0.25, 0.3) is 5.91 Å². The van der Waals surface area contributed by atoms with Crippen LogP contribution < -0.4 is 16.0 Å². The third-order valence-corrected chi connectivity index (χ3v) is 7.43. The van der Waals surface area contributed by atoms with Gasteiger partial charge >= 0.3 is 5.97 Å². The summed E-state index contributed by atoms with van der Waals surface area (Å²) in [6, 6.07) is -0.267. The Balaban J connectivity index is 1.74. The van der Waals surface area contributed by atoms with Crippen molar-refractivity contribution < 1.29 is 24.0 Å². The van der Waals surface area contributed by atoms with Gasteiger partial charge in [0.2, 0.25) is 5.91 Å². The van der Waals surface area contributed by atoms with Gasteiger partial charge in [-0.25, -0.2) is 4.79 Å². The lowest BCUT2D eigenvalue weighted by atomic mass is 9.88. The molecule has 0 spiro atoms. The average Bonchev–Trinajstić information content (AvgIpc) is 3.04. The lowest BCUT2D eigenvalue weighted by molar-refractivity contribution is -0.919. The van der Waals surface area contributed by atoms with Crippen LogP contribution in [0.4, 0.5) is 5.00 Å². The van der Waals surface area contributed by atoms with E-state index >= 15 is 0 Å². The molecule has 1 aromatic heterocycles. The first-order valence-corrected chi connectivity index (χ1v) is 11.4. The topological polar surface area (TPSA) is 103 Å². The van der Waals surface area contributed by atoms with Gasteiger partial charge in [0.15, 0.2) is 6.04 Å². The Morgan fingerprint density at radius 3 is 2.59 bits per heavy atom. The zero-order valence-electron chi connectivity index (χ0n) is 17.5. The molecule has 0 unspecified atom stereocenters. The maximum Gasteiger partial charge on any atom is 0.341 e. The Morgan fingerprint density at radius 2 is 1.97 bits per heavy atom. The highest BCUT2D eigenvalue weighted by molar-refractivity contribution is 7.17. The van der Waals surface area contributed by atoms with Crippen molar-refractivity contribution >= 4 is 34.1 Å². The molecule has 2 amide bonds. The molecule has 2 heterocycles. The van der Waals surface area contributed by atoms with E-state index in [2.05, 4.69) is 12.2 Å². The van der Waals surface area contributed by atoms with Crippen LogP contribution in [0.3, 0.4) is 0 Å². The number of likely N-dealkylation sites (tertiary alicyclic amines) is 1. The summed E-state index contributed by atoms with van der Waals surface area (Å²) in [7, 11) is 0. The molecule has 29 heavy (non-hydrogen) atoms. The van der Waals surface area contributed by atoms with Crippen LogP contribution in [0.15, 0.2) is 0 Å². The van der Waals surface area contributed by atoms with Crippen LogP contribution in [0.2, 0.25) is 0 Å². The number of anilines is 1. The summed E-state index contributed by atoms with van der Waals surface area (Å²) < 4.78 is 5.28. The van der Waals surface area contributed by atoms with Crippen molar-refractivity contribution in [3.05, 3.63) is 16.0 Å². The van der Waals surface area contributed by atoms with Crippen molar-refractivity contribution in [2.24, 2.45) is 17.6 Å². The summed E-state index contributed by atoms with van der Waals surface area (Å²) in [5.74, 6) is -0.212. The number of thiophene rings is 1. The lowest BCUT2D eigenvalue weighted by Gasteiger charge is -2.31. The fourth-order valence-electron chi connectivity index (χ4n) is 4.37. The highest BCUT2D eigenvalue weighted by atomic mass is 32.1. The minimum absolute atomic E-state index is 0.0876. The van der Waals surface area contributed by atoms with E-state index in [1.807, 2.05) is 6.92 Å². The van der Waals surface area contributed by atoms with Crippen LogP contribution in [0.5, 0.6) is 0 Å². The second-order valence-electron chi connectivity index (χ2n) is 8.32. The van der Waals surface area contributed by atoms with Crippen molar-refractivity contribution in [2.45, 2.75) is 58.9 Å². The van der Waals surface area contributed by atoms with Gasteiger partial charge in [0.1, 0.15) is 5.00 Å². The third-order valence-electron chi connectivity index (χ3n) is 6.26. The molecule has 160 valence electrons. The minimum atomic E-state index is -0.350. The molecular formula is C21H32N3O4S+. The van der Waals surface area contributed by atoms with Crippen molar-refractivity contribution in [1.82, 2.24) is 0 Å². The molecule has 1 aliphatic carbocycles. The number of primary amides is 1. The number of carbonyl (C=O) groups is 3. The second-order valence-corrected chi connectivity index (χ2v) is 9.43. The average molecular weight is 423 g/mol. The van der Waals surface area contributed by atoms with E-state index in [1.54, 1.807) is 6.92 Å². The van der Waals surface area contributed by atoms with E-state index < -0.39 is 0 Å². The predicted molar refractivity (Wildman–Crippen MR) is 112 cm³/mol. The first-order chi connectivity index (χ1) is 13.8. The molecule has 3 rings (SSSR count). The summed E-state index contributed by atoms with van der Waals surface area (Å²) in [4.78, 5) is 39.3. The van der Waals surface area contributed by atoms with Gasteiger partial charge in [0.05, 0.1) is 25.3 Å². The number of nitrogens with one attached hydrogen (secondary N) is 2. The Labute approximate surface area is 176 Å². The van der Waals surface area contributed by atoms with Crippen molar-refractivity contribution in [3.8, 4) is 0 Å². The van der Waals surface area contributed by atoms with E-state index in [1.165, 1.54) is 16.2 Å². The maximum absolute atomic E-state index is 13.0. The monoisotopic (exact) mass is 422 g/mol. The first-order valence-electron chi connectivity index (χ1n) is 10.6. The fraction of sp³-hybridized carbons (Fsp3) is 0.667. The van der Waals surface area contributed by atoms with Gasteiger partial charge in [-0.2, -0.15) is 0 Å². The number of hydrogen-bond acceptors (Lipinski definition) is 5. The van der Waals surface area contributed by atoms with Crippen LogP contribution >= 0.6 is 11.3 Å². The SMILES string of the molecule is CCOC(=O)c1c(NC(=O)[C@@H](C)[NH+]2CCC(C(N)=O)CC2)sc2c1CC[C@H](C)C2. The molecule has 7 nitrogen and oxygen atoms in total. The van der Waals surface area contributed by atoms with Gasteiger partial charge in [-0.05, 0) is 44.6 Å². The number of piperidine rings is 1. The van der Waals surface area contributed by atoms with Crippen LogP contribution in [-0.2, 0) is 27.2 Å². The Hall–Kier alpha value is -1.93. The summed E-state index contributed by atoms with van der Waals surface area (Å²) in [5, 5.41) is 3.64. The molecule has 1 aromatic rings. The molecule has 2 aliphatic rings. The second kappa shape index (κ2) is 9.26. The highest BCUT2D eigenvalue weighted by Gasteiger charge is 2.34. The number of carbonyl (C=O) groups excluding carboxylic acids is 3. The maximum atomic E-state index is 13.0. The van der Waals surface area contributed by atoms with Gasteiger partial charge in [0, 0.05) is 23.6 Å². The van der Waals surface area contributed by atoms with Crippen molar-refractivity contribution in [2.75, 3.05) is 25.0 Å². The largest absolute Gasteiger partial charge is 0.462 e. The van der Waals surface area contributed by atoms with E-state index in [0.29, 0.717) is 35.9 Å². The van der Waals surface area contributed by atoms with E-state index in [-0.39, 0.29) is 29.7 Å². The molecule has 4 N–H and O–H groups in total. The number of rotatable bonds is 6. The quantitative estimate of drug-likeness (QED) is 0.599. The Bertz CT molecular complexity index is 783. The van der Waals surface area contributed by atoms with Crippen molar-refractivity contribution in [3.63, 3.8) is 0 Å². The zero-order chi connectivity index (χ0) is 21.1. The molecular weight excluding hydrogens is 390 g/mol. The van der Waals surface area contributed by atoms with Crippen molar-refractivity contribution in [1.29, 1.82) is 0 Å². The molecule has 1 fully saturated rings. The molecule has 1 aliphatic heterocycles. The summed E-state index contributed by atoms with van der Waals surface area (Å²) in [6.45, 7) is 7.69. The number of fused-ring (bicyclic) bond motifs is 1. The molecule has 0 bridgehead atoms. The van der Waals surface area contributed by atoms with E-state index in [4.69, 9.17) is 10.5 Å². The number of amides is 2. The first kappa shape index (κ1) is 21.8. The number of esters is 1. The zero-order valence-corrected chi connectivity index (χ0v) is 18.3. The summed E-state index contributed by atoms with van der Waals surface area (Å²) in [5.41, 5.74) is 7.00. The molecule has 8 heteroatoms. The molecule has 0 radical (unpaired) electrons. The van der Waals surface area contributed by atoms with Crippen LogP contribution in [0.1, 0.15) is 60.8 Å². The number of nitrogens with two attached hydrogens (primary N) is 1. The van der Waals surface area contributed by atoms with Crippen LogP contribution in [0, 0.1) is 11.8 Å². The molecule has 0 aromatic carbocycles. The van der Waals surface area contributed by atoms with Crippen LogP contribution in [0.25, 0.3) is 0 Å².